The first-order chi connectivity index (χ1) is 16.3. The fourth-order valence-electron chi connectivity index (χ4n) is 3.90. The molecule has 0 fully saturated rings. The van der Waals surface area contributed by atoms with Crippen molar-refractivity contribution in [3.05, 3.63) is 84.1 Å². The van der Waals surface area contributed by atoms with Crippen LogP contribution in [0.1, 0.15) is 15.9 Å². The molecular formula is C28H31N2O4+. The molecule has 3 aromatic carbocycles. The Labute approximate surface area is 200 Å². The lowest BCUT2D eigenvalue weighted by Gasteiger charge is -2.23. The number of rotatable bonds is 9. The van der Waals surface area contributed by atoms with Crippen LogP contribution in [-0.4, -0.2) is 63.3 Å². The number of likely N-dealkylation sites (N-methyl/N-ethyl adjacent to an activating group) is 1. The largest absolute Gasteiger partial charge is 0.497 e. The third kappa shape index (κ3) is 4.77. The van der Waals surface area contributed by atoms with E-state index in [-0.39, 0.29) is 5.78 Å². The van der Waals surface area contributed by atoms with Crippen molar-refractivity contribution < 1.29 is 23.5 Å². The van der Waals surface area contributed by atoms with Crippen LogP contribution in [0, 0.1) is 0 Å². The Balaban J connectivity index is 1.78. The number of ketones is 1. The van der Waals surface area contributed by atoms with E-state index in [1.165, 1.54) is 0 Å². The third-order valence-corrected chi connectivity index (χ3v) is 5.76. The summed E-state index contributed by atoms with van der Waals surface area (Å²) in [6, 6.07) is 20.9. The van der Waals surface area contributed by atoms with Crippen LogP contribution in [0.5, 0.6) is 17.2 Å². The molecule has 34 heavy (non-hydrogen) atoms. The van der Waals surface area contributed by atoms with Gasteiger partial charge >= 0.3 is 0 Å². The van der Waals surface area contributed by atoms with E-state index >= 15 is 0 Å². The van der Waals surface area contributed by atoms with E-state index in [0.717, 1.165) is 33.4 Å². The van der Waals surface area contributed by atoms with E-state index in [1.54, 1.807) is 32.4 Å². The molecule has 0 radical (unpaired) electrons. The average molecular weight is 460 g/mol. The maximum absolute atomic E-state index is 13.7. The van der Waals surface area contributed by atoms with E-state index in [2.05, 4.69) is 21.1 Å². The van der Waals surface area contributed by atoms with Crippen molar-refractivity contribution >= 4 is 16.7 Å². The lowest BCUT2D eigenvalue weighted by molar-refractivity contribution is -0.870. The molecule has 0 aliphatic heterocycles. The number of carbonyl (C=O) groups excluding carboxylic acids is 1. The number of aromatic nitrogens is 1. The van der Waals surface area contributed by atoms with Gasteiger partial charge in [-0.05, 0) is 36.4 Å². The van der Waals surface area contributed by atoms with Crippen molar-refractivity contribution in [1.82, 2.24) is 4.57 Å². The Morgan fingerprint density at radius 3 is 2.32 bits per heavy atom. The van der Waals surface area contributed by atoms with Crippen LogP contribution in [0.3, 0.4) is 0 Å². The molecule has 0 unspecified atom stereocenters. The molecule has 0 saturated heterocycles. The summed E-state index contributed by atoms with van der Waals surface area (Å²) in [5, 5.41) is 1.01. The quantitative estimate of drug-likeness (QED) is 0.262. The molecule has 0 N–H and O–H groups in total. The number of methoxy groups -OCH3 is 2. The first-order valence-electron chi connectivity index (χ1n) is 11.2. The molecule has 1 heterocycles. The first kappa shape index (κ1) is 23.4. The van der Waals surface area contributed by atoms with Crippen LogP contribution < -0.4 is 14.2 Å². The molecule has 6 nitrogen and oxygen atoms in total. The van der Waals surface area contributed by atoms with Crippen LogP contribution in [0.15, 0.2) is 72.9 Å². The molecule has 0 atom stereocenters. The summed E-state index contributed by atoms with van der Waals surface area (Å²) in [5.41, 5.74) is 2.81. The topological polar surface area (TPSA) is 49.7 Å². The zero-order chi connectivity index (χ0) is 24.3. The summed E-state index contributed by atoms with van der Waals surface area (Å²) in [5.74, 6) is 1.78. The molecular weight excluding hydrogens is 428 g/mol. The number of carbonyl (C=O) groups is 1. The zero-order valence-corrected chi connectivity index (χ0v) is 20.4. The number of benzene rings is 3. The third-order valence-electron chi connectivity index (χ3n) is 5.76. The summed E-state index contributed by atoms with van der Waals surface area (Å²) in [4.78, 5) is 13.7. The molecule has 4 rings (SSSR count). The van der Waals surface area contributed by atoms with Crippen molar-refractivity contribution in [2.45, 2.75) is 0 Å². The number of hydrogen-bond acceptors (Lipinski definition) is 4. The summed E-state index contributed by atoms with van der Waals surface area (Å²) < 4.78 is 19.8. The minimum Gasteiger partial charge on any atom is -0.497 e. The van der Waals surface area contributed by atoms with Gasteiger partial charge in [0.1, 0.15) is 30.4 Å². The summed E-state index contributed by atoms with van der Waals surface area (Å²) in [6.45, 7) is 1.48. The molecule has 0 aliphatic rings. The van der Waals surface area contributed by atoms with Gasteiger partial charge in [-0.25, -0.2) is 0 Å². The van der Waals surface area contributed by atoms with Crippen LogP contribution >= 0.6 is 0 Å². The highest BCUT2D eigenvalue weighted by atomic mass is 16.5. The monoisotopic (exact) mass is 459 g/mol. The molecule has 4 aromatic rings. The van der Waals surface area contributed by atoms with Gasteiger partial charge < -0.3 is 23.3 Å². The smallest absolute Gasteiger partial charge is 0.198 e. The fourth-order valence-corrected chi connectivity index (χ4v) is 3.90. The van der Waals surface area contributed by atoms with Gasteiger partial charge in [0, 0.05) is 17.0 Å². The second kappa shape index (κ2) is 9.61. The second-order valence-electron chi connectivity index (χ2n) is 9.16. The van der Waals surface area contributed by atoms with Gasteiger partial charge in [-0.15, -0.1) is 0 Å². The van der Waals surface area contributed by atoms with E-state index in [1.807, 2.05) is 59.3 Å². The molecule has 0 bridgehead atoms. The first-order valence-corrected chi connectivity index (χ1v) is 11.2. The molecule has 176 valence electrons. The van der Waals surface area contributed by atoms with Crippen molar-refractivity contribution in [3.8, 4) is 22.9 Å². The molecule has 0 spiro atoms. The van der Waals surface area contributed by atoms with E-state index in [9.17, 15) is 4.79 Å². The number of ether oxygens (including phenoxy) is 3. The van der Waals surface area contributed by atoms with Gasteiger partial charge in [-0.1, -0.05) is 24.3 Å². The van der Waals surface area contributed by atoms with E-state index in [0.29, 0.717) is 29.2 Å². The molecule has 0 saturated carbocycles. The standard InChI is InChI=1S/C28H31N2O4/c1-30(2,3)16-17-34-27-19-29(24-12-8-6-10-21(24)27)25-13-9-7-11-22(25)28(31)23-15-14-20(32-4)18-26(23)33-5/h6-15,18-19H,16-17H2,1-5H3/q+1. The van der Waals surface area contributed by atoms with Gasteiger partial charge in [0.2, 0.25) is 0 Å². The van der Waals surface area contributed by atoms with Crippen LogP contribution in [0.25, 0.3) is 16.6 Å². The van der Waals surface area contributed by atoms with Crippen molar-refractivity contribution in [3.63, 3.8) is 0 Å². The highest BCUT2D eigenvalue weighted by Gasteiger charge is 2.21. The van der Waals surface area contributed by atoms with E-state index < -0.39 is 0 Å². The predicted molar refractivity (Wildman–Crippen MR) is 135 cm³/mol. The predicted octanol–water partition coefficient (Wildman–Crippen LogP) is 4.96. The minimum atomic E-state index is -0.125. The lowest BCUT2D eigenvalue weighted by atomic mass is 10.0. The van der Waals surface area contributed by atoms with Crippen LogP contribution in [0.2, 0.25) is 0 Å². The van der Waals surface area contributed by atoms with Gasteiger partial charge in [0.15, 0.2) is 5.78 Å². The van der Waals surface area contributed by atoms with Crippen molar-refractivity contribution in [1.29, 1.82) is 0 Å². The molecule has 0 aliphatic carbocycles. The number of fused-ring (bicyclic) bond motifs is 1. The fraction of sp³-hybridized carbons (Fsp3) is 0.250. The highest BCUT2D eigenvalue weighted by Crippen LogP contribution is 2.33. The highest BCUT2D eigenvalue weighted by molar-refractivity contribution is 6.13. The maximum Gasteiger partial charge on any atom is 0.198 e. The molecule has 0 amide bonds. The van der Waals surface area contributed by atoms with Gasteiger partial charge in [0.05, 0.1) is 58.3 Å². The summed E-state index contributed by atoms with van der Waals surface area (Å²) in [6.07, 6.45) is 1.97. The Bertz CT molecular complexity index is 1320. The SMILES string of the molecule is COc1ccc(C(=O)c2ccccc2-n2cc(OCC[N+](C)(C)C)c3ccccc32)c(OC)c1. The van der Waals surface area contributed by atoms with Crippen LogP contribution in [0.4, 0.5) is 0 Å². The Morgan fingerprint density at radius 1 is 0.853 bits per heavy atom. The number of quaternary nitrogens is 1. The number of para-hydroxylation sites is 2. The normalized spacial score (nSPS) is 11.4. The van der Waals surface area contributed by atoms with Crippen molar-refractivity contribution in [2.24, 2.45) is 0 Å². The van der Waals surface area contributed by atoms with Gasteiger partial charge in [-0.2, -0.15) is 0 Å². The van der Waals surface area contributed by atoms with Gasteiger partial charge in [0.25, 0.3) is 0 Å². The summed E-state index contributed by atoms with van der Waals surface area (Å²) >= 11 is 0. The Hall–Kier alpha value is -3.77. The number of hydrogen-bond donors (Lipinski definition) is 0. The maximum atomic E-state index is 13.7. The van der Waals surface area contributed by atoms with Crippen molar-refractivity contribution in [2.75, 3.05) is 48.5 Å². The lowest BCUT2D eigenvalue weighted by Crippen LogP contribution is -2.38. The summed E-state index contributed by atoms with van der Waals surface area (Å²) in [7, 11) is 9.56. The Kier molecular flexibility index (Phi) is 6.61. The minimum absolute atomic E-state index is 0.125. The number of nitrogens with zero attached hydrogens (tertiary/aromatic N) is 2. The molecule has 6 heteroatoms. The Morgan fingerprint density at radius 2 is 1.59 bits per heavy atom. The second-order valence-corrected chi connectivity index (χ2v) is 9.16. The van der Waals surface area contributed by atoms with E-state index in [4.69, 9.17) is 14.2 Å². The average Bonchev–Trinajstić information content (AvgIpc) is 3.21. The van der Waals surface area contributed by atoms with Gasteiger partial charge in [-0.3, -0.25) is 4.79 Å². The molecule has 1 aromatic heterocycles. The zero-order valence-electron chi connectivity index (χ0n) is 20.4. The van der Waals surface area contributed by atoms with Crippen LogP contribution in [-0.2, 0) is 0 Å².